The molecule has 7 nitrogen and oxygen atoms in total. The van der Waals surface area contributed by atoms with E-state index < -0.39 is 10.8 Å². The minimum Gasteiger partial charge on any atom is -0.287 e. The number of aliphatic imine (C=N–C) groups is 1. The number of fused-ring (bicyclic) bond motifs is 1. The summed E-state index contributed by atoms with van der Waals surface area (Å²) >= 11 is 0.786. The van der Waals surface area contributed by atoms with Gasteiger partial charge in [-0.25, -0.2) is 0 Å². The molecule has 0 bridgehead atoms. The molecule has 1 amide bonds. The molecular weight excluding hydrogens is 208 g/mol. The zero-order valence-electron chi connectivity index (χ0n) is 6.76. The number of nitrogens with zero attached hydrogens (tertiary/aromatic N) is 3. The molecule has 8 heteroatoms. The van der Waals surface area contributed by atoms with E-state index >= 15 is 0 Å². The lowest BCUT2D eigenvalue weighted by Gasteiger charge is -2.18. The van der Waals surface area contributed by atoms with E-state index in [2.05, 4.69) is 4.99 Å². The highest BCUT2D eigenvalue weighted by Gasteiger charge is 2.35. The Bertz CT molecular complexity index is 413. The number of rotatable bonds is 1. The second-order valence-corrected chi connectivity index (χ2v) is 3.60. The van der Waals surface area contributed by atoms with Crippen LogP contribution in [0.5, 0.6) is 0 Å². The van der Waals surface area contributed by atoms with Crippen molar-refractivity contribution in [3.63, 3.8) is 0 Å². The Balaban J connectivity index is 2.36. The van der Waals surface area contributed by atoms with E-state index in [0.29, 0.717) is 0 Å². The van der Waals surface area contributed by atoms with E-state index in [1.54, 1.807) is 0 Å². The molecule has 2 heterocycles. The molecule has 0 spiro atoms. The third-order valence-electron chi connectivity index (χ3n) is 1.65. The third kappa shape index (κ3) is 1.29. The van der Waals surface area contributed by atoms with Gasteiger partial charge in [-0.1, -0.05) is 0 Å². The van der Waals surface area contributed by atoms with Crippen LogP contribution in [0, 0.1) is 15.5 Å². The van der Waals surface area contributed by atoms with Gasteiger partial charge >= 0.3 is 5.03 Å². The van der Waals surface area contributed by atoms with Gasteiger partial charge in [-0.3, -0.25) is 25.2 Å². The highest BCUT2D eigenvalue weighted by molar-refractivity contribution is 8.17. The van der Waals surface area contributed by atoms with Gasteiger partial charge < -0.3 is 0 Å². The van der Waals surface area contributed by atoms with E-state index in [-0.39, 0.29) is 22.5 Å². The topological polar surface area (TPSA) is 99.7 Å². The van der Waals surface area contributed by atoms with Gasteiger partial charge in [-0.05, 0) is 0 Å². The fourth-order valence-electron chi connectivity index (χ4n) is 1.06. The van der Waals surface area contributed by atoms with Crippen molar-refractivity contribution in [1.29, 1.82) is 5.41 Å². The van der Waals surface area contributed by atoms with Crippen LogP contribution in [-0.4, -0.2) is 26.7 Å². The summed E-state index contributed by atoms with van der Waals surface area (Å²) in [6.45, 7) is 0. The van der Waals surface area contributed by atoms with Gasteiger partial charge in [0.1, 0.15) is 5.84 Å². The van der Waals surface area contributed by atoms with Crippen LogP contribution in [0.4, 0.5) is 0 Å². The molecule has 14 heavy (non-hydrogen) atoms. The van der Waals surface area contributed by atoms with Gasteiger partial charge in [-0.2, -0.15) is 4.99 Å². The fourth-order valence-corrected chi connectivity index (χ4v) is 1.89. The third-order valence-corrected chi connectivity index (χ3v) is 2.59. The van der Waals surface area contributed by atoms with E-state index in [0.717, 1.165) is 11.8 Å². The van der Waals surface area contributed by atoms with E-state index in [4.69, 9.17) is 5.41 Å². The quantitative estimate of drug-likeness (QED) is 0.500. The summed E-state index contributed by atoms with van der Waals surface area (Å²) in [5.74, 6) is -0.420. The molecule has 0 aromatic rings. The van der Waals surface area contributed by atoms with Gasteiger partial charge in [0, 0.05) is 11.8 Å². The fraction of sp³-hybridized carbons (Fsp3) is 0.167. The van der Waals surface area contributed by atoms with Gasteiger partial charge in [0.15, 0.2) is 5.17 Å². The minimum atomic E-state index is -0.566. The van der Waals surface area contributed by atoms with Gasteiger partial charge in [0.2, 0.25) is 0 Å². The Morgan fingerprint density at radius 1 is 1.71 bits per heavy atom. The van der Waals surface area contributed by atoms with Crippen molar-refractivity contribution in [3.8, 4) is 0 Å². The molecular formula is C6H4N4O3S. The van der Waals surface area contributed by atoms with Crippen LogP contribution >= 0.6 is 11.8 Å². The molecule has 0 aromatic carbocycles. The van der Waals surface area contributed by atoms with Crippen LogP contribution in [0.25, 0.3) is 0 Å². The molecule has 0 atom stereocenters. The Labute approximate surface area is 82.1 Å². The highest BCUT2D eigenvalue weighted by Crippen LogP contribution is 2.31. The first kappa shape index (κ1) is 8.88. The maximum absolute atomic E-state index is 10.9. The molecule has 0 saturated carbocycles. The maximum atomic E-state index is 10.9. The average Bonchev–Trinajstić information content (AvgIpc) is 2.47. The van der Waals surface area contributed by atoms with Crippen molar-refractivity contribution in [2.75, 3.05) is 0 Å². The predicted octanol–water partition coefficient (Wildman–Crippen LogP) is 0.374. The van der Waals surface area contributed by atoms with Crippen molar-refractivity contribution in [2.45, 2.75) is 6.42 Å². The number of amides is 1. The molecule has 0 aliphatic carbocycles. The van der Waals surface area contributed by atoms with Gasteiger partial charge in [0.25, 0.3) is 5.91 Å². The van der Waals surface area contributed by atoms with Gasteiger partial charge in [-0.15, -0.1) is 0 Å². The average molecular weight is 212 g/mol. The zero-order chi connectivity index (χ0) is 10.3. The number of nitrogens with one attached hydrogen (secondary N) is 1. The predicted molar refractivity (Wildman–Crippen MR) is 49.3 cm³/mol. The SMILES string of the molecule is N=C1CC(=O)N=C2SC([N+](=O)[O-])=CN12. The molecule has 2 aliphatic rings. The molecule has 0 saturated heterocycles. The Morgan fingerprint density at radius 3 is 3.07 bits per heavy atom. The molecule has 0 fully saturated rings. The summed E-state index contributed by atoms with van der Waals surface area (Å²) in [6.07, 6.45) is 1.10. The second kappa shape index (κ2) is 2.91. The first-order chi connectivity index (χ1) is 6.58. The van der Waals surface area contributed by atoms with Gasteiger partial charge in [0.05, 0.1) is 17.5 Å². The lowest BCUT2D eigenvalue weighted by atomic mass is 10.3. The maximum Gasteiger partial charge on any atom is 0.327 e. The Kier molecular flexibility index (Phi) is 1.84. The smallest absolute Gasteiger partial charge is 0.287 e. The number of carbonyl (C=O) groups is 1. The lowest BCUT2D eigenvalue weighted by Crippen LogP contribution is -2.33. The van der Waals surface area contributed by atoms with Crippen molar-refractivity contribution in [2.24, 2.45) is 4.99 Å². The molecule has 2 rings (SSSR count). The van der Waals surface area contributed by atoms with E-state index in [1.165, 1.54) is 11.1 Å². The number of carbonyl (C=O) groups excluding carboxylic acids is 1. The lowest BCUT2D eigenvalue weighted by molar-refractivity contribution is -0.410. The van der Waals surface area contributed by atoms with Crippen molar-refractivity contribution in [1.82, 2.24) is 4.90 Å². The molecule has 0 radical (unpaired) electrons. The summed E-state index contributed by atoms with van der Waals surface area (Å²) in [7, 11) is 0. The molecule has 72 valence electrons. The minimum absolute atomic E-state index is 0.0179. The number of thioether (sulfide) groups is 1. The molecule has 0 aromatic heterocycles. The zero-order valence-corrected chi connectivity index (χ0v) is 7.58. The first-order valence-electron chi connectivity index (χ1n) is 3.60. The van der Waals surface area contributed by atoms with E-state index in [9.17, 15) is 14.9 Å². The molecule has 1 N–H and O–H groups in total. The van der Waals surface area contributed by atoms with Crippen molar-refractivity contribution < 1.29 is 9.72 Å². The highest BCUT2D eigenvalue weighted by atomic mass is 32.2. The number of hydrogen-bond acceptors (Lipinski definition) is 5. The number of nitro groups is 1. The Morgan fingerprint density at radius 2 is 2.43 bits per heavy atom. The number of amidine groups is 2. The molecule has 2 aliphatic heterocycles. The monoisotopic (exact) mass is 212 g/mol. The summed E-state index contributed by atoms with van der Waals surface area (Å²) in [5, 5.41) is 17.9. The van der Waals surface area contributed by atoms with E-state index in [1.807, 2.05) is 0 Å². The normalized spacial score (nSPS) is 20.4. The standard InChI is InChI=1S/C6H4N4O3S/c7-3-1-4(11)8-6-9(3)2-5(14-6)10(12)13/h2,7H,1H2. The van der Waals surface area contributed by atoms with Crippen LogP contribution in [0.15, 0.2) is 16.2 Å². The summed E-state index contributed by atoms with van der Waals surface area (Å²) in [4.78, 5) is 25.6. The summed E-state index contributed by atoms with van der Waals surface area (Å²) in [6, 6.07) is 0. The largest absolute Gasteiger partial charge is 0.327 e. The summed E-state index contributed by atoms with van der Waals surface area (Å²) < 4.78 is 0. The molecule has 0 unspecified atom stereocenters. The first-order valence-corrected chi connectivity index (χ1v) is 4.42. The summed E-state index contributed by atoms with van der Waals surface area (Å²) in [5.41, 5.74) is 0. The van der Waals surface area contributed by atoms with Crippen LogP contribution in [-0.2, 0) is 4.79 Å². The Hall–Kier alpha value is -1.70. The van der Waals surface area contributed by atoms with Crippen LogP contribution in [0.1, 0.15) is 6.42 Å². The number of hydrogen-bond donors (Lipinski definition) is 1. The van der Waals surface area contributed by atoms with Crippen LogP contribution in [0.3, 0.4) is 0 Å². The van der Waals surface area contributed by atoms with Crippen molar-refractivity contribution >= 4 is 28.7 Å². The van der Waals surface area contributed by atoms with Crippen LogP contribution < -0.4 is 0 Å². The second-order valence-electron chi connectivity index (χ2n) is 2.61. The van der Waals surface area contributed by atoms with Crippen LogP contribution in [0.2, 0.25) is 0 Å². The van der Waals surface area contributed by atoms with Crippen molar-refractivity contribution in [3.05, 3.63) is 21.3 Å².